The first-order chi connectivity index (χ1) is 5.49. The van der Waals surface area contributed by atoms with Gasteiger partial charge < -0.3 is 4.42 Å². The quantitative estimate of drug-likeness (QED) is 0.568. The molecule has 1 heterocycles. The van der Waals surface area contributed by atoms with Crippen LogP contribution in [0.4, 0.5) is 0 Å². The van der Waals surface area contributed by atoms with E-state index in [0.29, 0.717) is 0 Å². The fourth-order valence-electron chi connectivity index (χ4n) is 0.622. The van der Waals surface area contributed by atoms with Crippen molar-refractivity contribution in [1.29, 1.82) is 0 Å². The molecule has 0 unspecified atom stereocenters. The summed E-state index contributed by atoms with van der Waals surface area (Å²) in [5.41, 5.74) is 9.80. The maximum absolute atomic E-state index is 11.0. The zero-order valence-corrected chi connectivity index (χ0v) is 6.95. The summed E-state index contributed by atoms with van der Waals surface area (Å²) in [7, 11) is -3.52. The van der Waals surface area contributed by atoms with Gasteiger partial charge in [-0.3, -0.25) is 25.5 Å². The number of hydrogen-bond acceptors (Lipinski definition) is 3. The minimum atomic E-state index is -3.52. The largest absolute Gasteiger partial charge is 0.459 e. The van der Waals surface area contributed by atoms with Crippen LogP contribution in [0, 0.1) is 0 Å². The van der Waals surface area contributed by atoms with E-state index in [1.54, 1.807) is 0 Å². The summed E-state index contributed by atoms with van der Waals surface area (Å²) in [4.78, 5) is 11.0. The summed E-state index contributed by atoms with van der Waals surface area (Å²) in [5.74, 6) is -0.667. The molecule has 5 N–H and O–H groups in total. The van der Waals surface area contributed by atoms with Crippen molar-refractivity contribution in [3.05, 3.63) is 24.2 Å². The van der Waals surface area contributed by atoms with Crippen molar-refractivity contribution < 1.29 is 13.8 Å². The highest BCUT2D eigenvalue weighted by atomic mass is 31.2. The van der Waals surface area contributed by atoms with Crippen LogP contribution in [0.1, 0.15) is 10.6 Å². The van der Waals surface area contributed by atoms with Crippen molar-refractivity contribution in [3.63, 3.8) is 0 Å². The Bertz CT molecular complexity index is 315. The molecule has 0 aromatic carbocycles. The molecule has 0 fully saturated rings. The van der Waals surface area contributed by atoms with Crippen molar-refractivity contribution >= 4 is 13.5 Å². The molecule has 0 spiro atoms. The van der Waals surface area contributed by atoms with E-state index in [-0.39, 0.29) is 5.76 Å². The lowest BCUT2D eigenvalue weighted by atomic mass is 10.4. The van der Waals surface area contributed by atoms with E-state index >= 15 is 0 Å². The number of rotatable bonds is 2. The Morgan fingerprint density at radius 1 is 1.58 bits per heavy atom. The fourth-order valence-corrected chi connectivity index (χ4v) is 1.05. The summed E-state index contributed by atoms with van der Waals surface area (Å²) in [6.07, 6.45) is 1.31. The molecule has 1 aromatic rings. The van der Waals surface area contributed by atoms with Crippen LogP contribution in [-0.2, 0) is 4.57 Å². The van der Waals surface area contributed by atoms with Gasteiger partial charge in [0.2, 0.25) is 0 Å². The summed E-state index contributed by atoms with van der Waals surface area (Å²) in [6, 6.07) is 2.93. The summed E-state index contributed by atoms with van der Waals surface area (Å²) in [6.45, 7) is 0. The monoisotopic (exact) mass is 189 g/mol. The SMILES string of the molecule is NP(N)(=O)NC(=O)c1ccco1. The van der Waals surface area contributed by atoms with Gasteiger partial charge in [0.15, 0.2) is 5.76 Å². The van der Waals surface area contributed by atoms with E-state index in [2.05, 4.69) is 0 Å². The van der Waals surface area contributed by atoms with Gasteiger partial charge in [0.1, 0.15) is 0 Å². The van der Waals surface area contributed by atoms with Gasteiger partial charge in [-0.15, -0.1) is 0 Å². The van der Waals surface area contributed by atoms with Crippen molar-refractivity contribution in [2.45, 2.75) is 0 Å². The number of nitrogens with one attached hydrogen (secondary N) is 1. The first-order valence-electron chi connectivity index (χ1n) is 3.02. The predicted molar refractivity (Wildman–Crippen MR) is 42.2 cm³/mol. The molecule has 1 aromatic heterocycles. The third-order valence-electron chi connectivity index (χ3n) is 1.02. The smallest absolute Gasteiger partial charge is 0.300 e. The highest BCUT2D eigenvalue weighted by Crippen LogP contribution is 2.18. The van der Waals surface area contributed by atoms with Gasteiger partial charge in [-0.1, -0.05) is 0 Å². The van der Waals surface area contributed by atoms with Gasteiger partial charge in [-0.05, 0) is 12.1 Å². The Labute approximate surface area is 68.4 Å². The standard InChI is InChI=1S/C5H8N3O3P/c6-12(7,10)8-5(9)4-2-1-3-11-4/h1-3H,(H5,6,7,8,9,10). The van der Waals surface area contributed by atoms with Gasteiger partial charge in [-0.25, -0.2) is 0 Å². The highest BCUT2D eigenvalue weighted by molar-refractivity contribution is 7.57. The minimum absolute atomic E-state index is 0.0196. The second kappa shape index (κ2) is 3.10. The molecular formula is C5H8N3O3P. The van der Waals surface area contributed by atoms with Crippen molar-refractivity contribution in [3.8, 4) is 0 Å². The van der Waals surface area contributed by atoms with Gasteiger partial charge in [0, 0.05) is 0 Å². The topological polar surface area (TPSA) is 111 Å². The number of amides is 1. The molecule has 0 saturated heterocycles. The number of nitrogens with two attached hydrogens (primary N) is 2. The molecule has 0 atom stereocenters. The maximum atomic E-state index is 11.0. The average molecular weight is 189 g/mol. The molecule has 0 saturated carbocycles. The van der Waals surface area contributed by atoms with Gasteiger partial charge >= 0.3 is 7.59 Å². The normalized spacial score (nSPS) is 11.2. The van der Waals surface area contributed by atoms with E-state index < -0.39 is 13.5 Å². The van der Waals surface area contributed by atoms with E-state index in [1.165, 1.54) is 18.4 Å². The Hall–Kier alpha value is -1.10. The molecule has 0 aliphatic heterocycles. The van der Waals surface area contributed by atoms with Crippen LogP contribution in [0.3, 0.4) is 0 Å². The molecule has 1 rings (SSSR count). The first kappa shape index (κ1) is 8.99. The van der Waals surface area contributed by atoms with Crippen LogP contribution in [0.2, 0.25) is 0 Å². The zero-order chi connectivity index (χ0) is 9.19. The predicted octanol–water partition coefficient (Wildman–Crippen LogP) is 0.0349. The van der Waals surface area contributed by atoms with E-state index in [4.69, 9.17) is 15.4 Å². The first-order valence-corrected chi connectivity index (χ1v) is 4.87. The molecular weight excluding hydrogens is 181 g/mol. The average Bonchev–Trinajstić information content (AvgIpc) is 2.32. The number of hydrogen-bond donors (Lipinski definition) is 3. The number of furan rings is 1. The lowest BCUT2D eigenvalue weighted by Crippen LogP contribution is -2.28. The third-order valence-corrected chi connectivity index (χ3v) is 1.57. The maximum Gasteiger partial charge on any atom is 0.300 e. The highest BCUT2D eigenvalue weighted by Gasteiger charge is 2.16. The molecule has 7 heteroatoms. The molecule has 0 bridgehead atoms. The Morgan fingerprint density at radius 2 is 2.25 bits per heavy atom. The zero-order valence-electron chi connectivity index (χ0n) is 6.06. The van der Waals surface area contributed by atoms with Crippen LogP contribution in [0.15, 0.2) is 22.8 Å². The van der Waals surface area contributed by atoms with Crippen LogP contribution >= 0.6 is 7.59 Å². The van der Waals surface area contributed by atoms with E-state index in [9.17, 15) is 9.36 Å². The van der Waals surface area contributed by atoms with Crippen LogP contribution in [0.25, 0.3) is 0 Å². The lowest BCUT2D eigenvalue weighted by Gasteiger charge is -2.05. The second-order valence-corrected chi connectivity index (χ2v) is 3.77. The van der Waals surface area contributed by atoms with Crippen LogP contribution < -0.4 is 16.1 Å². The minimum Gasteiger partial charge on any atom is -0.459 e. The van der Waals surface area contributed by atoms with Gasteiger partial charge in [0.25, 0.3) is 5.91 Å². The Balaban J connectivity index is 2.69. The number of carbonyl (C=O) groups excluding carboxylic acids is 1. The molecule has 12 heavy (non-hydrogen) atoms. The van der Waals surface area contributed by atoms with Crippen LogP contribution in [-0.4, -0.2) is 5.91 Å². The molecule has 6 nitrogen and oxygen atoms in total. The summed E-state index contributed by atoms with van der Waals surface area (Å²) in [5, 5.41) is 1.90. The molecule has 66 valence electrons. The number of carbonyl (C=O) groups is 1. The van der Waals surface area contributed by atoms with Gasteiger partial charge in [0.05, 0.1) is 6.26 Å². The third kappa shape index (κ3) is 2.50. The van der Waals surface area contributed by atoms with Crippen molar-refractivity contribution in [2.75, 3.05) is 0 Å². The summed E-state index contributed by atoms with van der Waals surface area (Å²) < 4.78 is 15.4. The Morgan fingerprint density at radius 3 is 2.67 bits per heavy atom. The fraction of sp³-hybridized carbons (Fsp3) is 0. The van der Waals surface area contributed by atoms with Gasteiger partial charge in [-0.2, -0.15) is 0 Å². The Kier molecular flexibility index (Phi) is 2.32. The second-order valence-electron chi connectivity index (χ2n) is 2.13. The molecule has 0 aliphatic carbocycles. The van der Waals surface area contributed by atoms with E-state index in [1.807, 2.05) is 5.09 Å². The van der Waals surface area contributed by atoms with Crippen LogP contribution in [0.5, 0.6) is 0 Å². The lowest BCUT2D eigenvalue weighted by molar-refractivity contribution is 0.0953. The molecule has 0 aliphatic rings. The molecule has 0 radical (unpaired) electrons. The van der Waals surface area contributed by atoms with Crippen molar-refractivity contribution in [1.82, 2.24) is 5.09 Å². The summed E-state index contributed by atoms with van der Waals surface area (Å²) >= 11 is 0. The van der Waals surface area contributed by atoms with E-state index in [0.717, 1.165) is 0 Å². The van der Waals surface area contributed by atoms with Crippen molar-refractivity contribution in [2.24, 2.45) is 11.0 Å². The molecule has 1 amide bonds.